The van der Waals surface area contributed by atoms with Crippen LogP contribution in [0.3, 0.4) is 0 Å². The molecule has 0 bridgehead atoms. The van der Waals surface area contributed by atoms with E-state index in [0.717, 1.165) is 43.3 Å². The fraction of sp³-hybridized carbons (Fsp3) is 0.462. The number of nitrogens with zero attached hydrogens (tertiary/aromatic N) is 3. The maximum atomic E-state index is 13.8. The second kappa shape index (κ2) is 10.3. The van der Waals surface area contributed by atoms with E-state index in [1.54, 1.807) is 19.1 Å². The Morgan fingerprint density at radius 2 is 1.71 bits per heavy atom. The van der Waals surface area contributed by atoms with Gasteiger partial charge in [-0.15, -0.1) is 0 Å². The lowest BCUT2D eigenvalue weighted by Crippen LogP contribution is -2.43. The van der Waals surface area contributed by atoms with Crippen LogP contribution in [-0.4, -0.2) is 69.4 Å². The Morgan fingerprint density at radius 3 is 2.32 bits per heavy atom. The number of thiazole rings is 1. The van der Waals surface area contributed by atoms with Crippen LogP contribution < -0.4 is 14.4 Å². The topological polar surface area (TPSA) is 64.1 Å². The van der Waals surface area contributed by atoms with E-state index >= 15 is 0 Å². The Kier molecular flexibility index (Phi) is 7.40. The summed E-state index contributed by atoms with van der Waals surface area (Å²) in [5, 5.41) is 0.635. The predicted molar refractivity (Wildman–Crippen MR) is 137 cm³/mol. The summed E-state index contributed by atoms with van der Waals surface area (Å²) >= 11 is 1.45. The molecule has 1 amide bonds. The molecule has 1 aromatic heterocycles. The average molecular weight is 484 g/mol. The summed E-state index contributed by atoms with van der Waals surface area (Å²) in [6.07, 6.45) is 0. The maximum Gasteiger partial charge on any atom is 0.260 e. The minimum atomic E-state index is -0.0642. The van der Waals surface area contributed by atoms with Crippen LogP contribution in [0.2, 0.25) is 0 Å². The first kappa shape index (κ1) is 24.4. The number of fused-ring (bicyclic) bond motifs is 1. The van der Waals surface area contributed by atoms with Crippen LogP contribution in [0.15, 0.2) is 36.4 Å². The number of aromatic nitrogens is 1. The van der Waals surface area contributed by atoms with Crippen LogP contribution in [0.1, 0.15) is 36.7 Å². The molecule has 8 heteroatoms. The number of amides is 1. The van der Waals surface area contributed by atoms with Gasteiger partial charge in [0.25, 0.3) is 5.91 Å². The number of morpholine rings is 1. The zero-order valence-electron chi connectivity index (χ0n) is 20.6. The number of hydrogen-bond donors (Lipinski definition) is 0. The molecule has 2 aromatic carbocycles. The molecule has 7 nitrogen and oxygen atoms in total. The fourth-order valence-corrected chi connectivity index (χ4v) is 5.11. The van der Waals surface area contributed by atoms with Crippen molar-refractivity contribution >= 4 is 32.6 Å². The molecule has 0 N–H and O–H groups in total. The quantitative estimate of drug-likeness (QED) is 0.490. The third kappa shape index (κ3) is 5.19. The highest BCUT2D eigenvalue weighted by Gasteiger charge is 2.25. The van der Waals surface area contributed by atoms with Gasteiger partial charge in [0.05, 0.1) is 27.4 Å². The molecule has 3 aromatic rings. The van der Waals surface area contributed by atoms with Gasteiger partial charge in [0, 0.05) is 31.7 Å². The van der Waals surface area contributed by atoms with Crippen molar-refractivity contribution in [3.63, 3.8) is 0 Å². The zero-order valence-corrected chi connectivity index (χ0v) is 21.4. The summed E-state index contributed by atoms with van der Waals surface area (Å²) in [6.45, 7) is 11.0. The highest BCUT2D eigenvalue weighted by Crippen LogP contribution is 2.40. The minimum absolute atomic E-state index is 0.0255. The number of methoxy groups -OCH3 is 2. The van der Waals surface area contributed by atoms with E-state index in [-0.39, 0.29) is 11.3 Å². The molecule has 0 atom stereocenters. The summed E-state index contributed by atoms with van der Waals surface area (Å²) in [5.41, 5.74) is 2.57. The molecule has 34 heavy (non-hydrogen) atoms. The van der Waals surface area contributed by atoms with Gasteiger partial charge in [-0.1, -0.05) is 44.2 Å². The van der Waals surface area contributed by atoms with E-state index in [1.165, 1.54) is 16.9 Å². The smallest absolute Gasteiger partial charge is 0.260 e. The number of rotatable bonds is 7. The van der Waals surface area contributed by atoms with Gasteiger partial charge in [0.2, 0.25) is 0 Å². The normalized spacial score (nSPS) is 14.9. The van der Waals surface area contributed by atoms with Crippen LogP contribution in [0, 0.1) is 0 Å². The number of ether oxygens (including phenoxy) is 3. The lowest BCUT2D eigenvalue weighted by atomic mass is 9.86. The molecule has 1 saturated heterocycles. The third-order valence-electron chi connectivity index (χ3n) is 6.12. The van der Waals surface area contributed by atoms with Gasteiger partial charge in [-0.3, -0.25) is 14.6 Å². The van der Waals surface area contributed by atoms with Gasteiger partial charge in [-0.25, -0.2) is 4.98 Å². The molecule has 0 aliphatic carbocycles. The van der Waals surface area contributed by atoms with Crippen molar-refractivity contribution in [2.75, 3.05) is 58.5 Å². The van der Waals surface area contributed by atoms with E-state index in [2.05, 4.69) is 25.7 Å². The van der Waals surface area contributed by atoms with Gasteiger partial charge < -0.3 is 14.2 Å². The monoisotopic (exact) mass is 483 g/mol. The molecule has 0 saturated carbocycles. The van der Waals surface area contributed by atoms with Crippen molar-refractivity contribution in [2.45, 2.75) is 26.2 Å². The van der Waals surface area contributed by atoms with E-state index < -0.39 is 0 Å². The highest BCUT2D eigenvalue weighted by atomic mass is 32.1. The zero-order chi connectivity index (χ0) is 24.3. The Hall–Kier alpha value is -2.68. The molecular formula is C26H33N3O4S. The molecule has 0 radical (unpaired) electrons. The van der Waals surface area contributed by atoms with Crippen LogP contribution in [0.5, 0.6) is 11.5 Å². The van der Waals surface area contributed by atoms with Crippen molar-refractivity contribution in [1.82, 2.24) is 9.88 Å². The molecule has 1 aliphatic heterocycles. The summed E-state index contributed by atoms with van der Waals surface area (Å²) in [6, 6.07) is 11.6. The van der Waals surface area contributed by atoms with Crippen molar-refractivity contribution in [1.29, 1.82) is 0 Å². The van der Waals surface area contributed by atoms with E-state index in [1.807, 2.05) is 36.4 Å². The number of benzene rings is 2. The second-order valence-electron chi connectivity index (χ2n) is 9.38. The van der Waals surface area contributed by atoms with Crippen molar-refractivity contribution in [3.8, 4) is 11.5 Å². The Labute approximate surface area is 205 Å². The number of carbonyl (C=O) groups excluding carboxylic acids is 1. The Balaban J connectivity index is 1.69. The van der Waals surface area contributed by atoms with Crippen molar-refractivity contribution in [2.24, 2.45) is 0 Å². The van der Waals surface area contributed by atoms with Crippen molar-refractivity contribution < 1.29 is 19.0 Å². The first-order valence-electron chi connectivity index (χ1n) is 11.6. The van der Waals surface area contributed by atoms with Crippen LogP contribution in [-0.2, 0) is 10.2 Å². The minimum Gasteiger partial charge on any atom is -0.495 e. The second-order valence-corrected chi connectivity index (χ2v) is 10.4. The van der Waals surface area contributed by atoms with E-state index in [9.17, 15) is 4.79 Å². The Bertz CT molecular complexity index is 1090. The number of hydrogen-bond acceptors (Lipinski definition) is 7. The van der Waals surface area contributed by atoms with E-state index in [4.69, 9.17) is 19.2 Å². The van der Waals surface area contributed by atoms with Gasteiger partial charge in [-0.05, 0) is 35.2 Å². The van der Waals surface area contributed by atoms with E-state index in [0.29, 0.717) is 28.5 Å². The standard InChI is InChI=1S/C26H33N3O4S/c1-26(2,3)19-8-6-18(7-9-19)24(30)29(13-12-28-14-16-33-17-15-28)25-27-22-20(31-4)10-11-21(32-5)23(22)34-25/h6-11H,12-17H2,1-5H3. The summed E-state index contributed by atoms with van der Waals surface area (Å²) < 4.78 is 17.4. The van der Waals surface area contributed by atoms with Gasteiger partial charge in [-0.2, -0.15) is 0 Å². The molecule has 0 unspecified atom stereocenters. The lowest BCUT2D eigenvalue weighted by molar-refractivity contribution is 0.0391. The fourth-order valence-electron chi connectivity index (χ4n) is 4.01. The average Bonchev–Trinajstić information content (AvgIpc) is 3.29. The lowest BCUT2D eigenvalue weighted by Gasteiger charge is -2.29. The van der Waals surface area contributed by atoms with Gasteiger partial charge in [0.1, 0.15) is 21.7 Å². The molecule has 2 heterocycles. The number of anilines is 1. The molecule has 1 fully saturated rings. The maximum absolute atomic E-state index is 13.8. The summed E-state index contributed by atoms with van der Waals surface area (Å²) in [4.78, 5) is 22.7. The summed E-state index contributed by atoms with van der Waals surface area (Å²) in [5.74, 6) is 1.31. The first-order valence-corrected chi connectivity index (χ1v) is 12.4. The van der Waals surface area contributed by atoms with Gasteiger partial charge in [0.15, 0.2) is 5.13 Å². The summed E-state index contributed by atoms with van der Waals surface area (Å²) in [7, 11) is 3.26. The largest absolute Gasteiger partial charge is 0.495 e. The van der Waals surface area contributed by atoms with Crippen LogP contribution >= 0.6 is 11.3 Å². The SMILES string of the molecule is COc1ccc(OC)c2sc(N(CCN3CCOCC3)C(=O)c3ccc(C(C)(C)C)cc3)nc12. The third-order valence-corrected chi connectivity index (χ3v) is 7.21. The number of carbonyl (C=O) groups is 1. The molecule has 182 valence electrons. The van der Waals surface area contributed by atoms with Crippen LogP contribution in [0.25, 0.3) is 10.2 Å². The molecule has 1 aliphatic rings. The molecular weight excluding hydrogens is 450 g/mol. The highest BCUT2D eigenvalue weighted by molar-refractivity contribution is 7.22. The van der Waals surface area contributed by atoms with Gasteiger partial charge >= 0.3 is 0 Å². The molecule has 4 rings (SSSR count). The predicted octanol–water partition coefficient (Wildman–Crippen LogP) is 4.59. The Morgan fingerprint density at radius 1 is 1.06 bits per heavy atom. The van der Waals surface area contributed by atoms with Crippen LogP contribution in [0.4, 0.5) is 5.13 Å². The molecule has 0 spiro atoms. The van der Waals surface area contributed by atoms with Crippen molar-refractivity contribution in [3.05, 3.63) is 47.5 Å². The first-order chi connectivity index (χ1) is 16.3.